The minimum atomic E-state index is 0.234. The summed E-state index contributed by atoms with van der Waals surface area (Å²) in [5, 5.41) is 1.03. The molecule has 9 nitrogen and oxygen atoms in total. The van der Waals surface area contributed by atoms with Crippen molar-refractivity contribution in [3.05, 3.63) is 36.4 Å². The van der Waals surface area contributed by atoms with Crippen LogP contribution in [0.5, 0.6) is 0 Å². The van der Waals surface area contributed by atoms with Crippen LogP contribution in [0.4, 0.5) is 5.82 Å². The molecule has 1 amide bonds. The average molecular weight is 475 g/mol. The number of carbonyl (C=O) groups excluding carboxylic acids is 1. The lowest BCUT2D eigenvalue weighted by Crippen LogP contribution is -2.49. The maximum Gasteiger partial charge on any atom is 0.223 e. The number of pyridine rings is 1. The van der Waals surface area contributed by atoms with Gasteiger partial charge in [0.1, 0.15) is 17.8 Å². The van der Waals surface area contributed by atoms with Gasteiger partial charge in [-0.3, -0.25) is 4.79 Å². The molecule has 0 unspecified atom stereocenters. The van der Waals surface area contributed by atoms with Crippen molar-refractivity contribution < 1.29 is 4.79 Å². The molecule has 35 heavy (non-hydrogen) atoms. The summed E-state index contributed by atoms with van der Waals surface area (Å²) in [4.78, 5) is 36.3. The number of aryl methyl sites for hydroxylation is 1. The third kappa shape index (κ3) is 4.36. The molecule has 0 saturated carbocycles. The van der Waals surface area contributed by atoms with Gasteiger partial charge in [0.25, 0.3) is 0 Å². The van der Waals surface area contributed by atoms with Crippen molar-refractivity contribution in [2.75, 3.05) is 51.7 Å². The van der Waals surface area contributed by atoms with Gasteiger partial charge >= 0.3 is 0 Å². The normalized spacial score (nSPS) is 14.7. The zero-order valence-corrected chi connectivity index (χ0v) is 21.2. The number of H-pyrrole nitrogens is 1. The highest BCUT2D eigenvalue weighted by molar-refractivity contribution is 5.98. The molecule has 9 heteroatoms. The van der Waals surface area contributed by atoms with Gasteiger partial charge in [-0.1, -0.05) is 13.8 Å². The van der Waals surface area contributed by atoms with Crippen LogP contribution in [0, 0.1) is 0 Å². The van der Waals surface area contributed by atoms with Crippen LogP contribution < -0.4 is 4.90 Å². The lowest BCUT2D eigenvalue weighted by molar-refractivity contribution is -0.131. The highest BCUT2D eigenvalue weighted by Gasteiger charge is 2.24. The number of aromatic amines is 1. The second-order valence-corrected chi connectivity index (χ2v) is 9.97. The van der Waals surface area contributed by atoms with E-state index in [1.165, 1.54) is 5.56 Å². The van der Waals surface area contributed by atoms with Gasteiger partial charge in [-0.15, -0.1) is 0 Å². The third-order valence-corrected chi connectivity index (χ3v) is 6.88. The molecule has 1 fully saturated rings. The SMILES string of the molecule is CC(C)c1c(-c2cn(C)c3ncncc23)[nH]c2ccc(N3CCN(C(=O)CCN(C)C)CC3)nc12. The summed E-state index contributed by atoms with van der Waals surface area (Å²) in [6, 6.07) is 4.21. The first-order valence-corrected chi connectivity index (χ1v) is 12.3. The van der Waals surface area contributed by atoms with E-state index in [0.717, 1.165) is 71.9 Å². The van der Waals surface area contributed by atoms with Crippen molar-refractivity contribution in [2.45, 2.75) is 26.2 Å². The maximum absolute atomic E-state index is 12.5. The van der Waals surface area contributed by atoms with E-state index in [1.54, 1.807) is 6.33 Å². The van der Waals surface area contributed by atoms with Crippen LogP contribution in [0.1, 0.15) is 31.7 Å². The number of carbonyl (C=O) groups is 1. The van der Waals surface area contributed by atoms with Gasteiger partial charge in [0.05, 0.1) is 16.7 Å². The Balaban J connectivity index is 1.44. The Kier molecular flexibility index (Phi) is 6.19. The van der Waals surface area contributed by atoms with E-state index in [9.17, 15) is 4.79 Å². The standard InChI is InChI=1S/C26H34N8O/c1-17(2)23-24(19-15-32(5)26-18(19)14-27-16-28-26)29-20-6-7-21(30-25(20)23)33-10-12-34(13-11-33)22(35)8-9-31(3)4/h6-7,14-17,29H,8-13H2,1-5H3. The molecule has 5 rings (SSSR count). The Morgan fingerprint density at radius 3 is 2.66 bits per heavy atom. The van der Waals surface area contributed by atoms with E-state index in [-0.39, 0.29) is 11.8 Å². The fourth-order valence-corrected chi connectivity index (χ4v) is 5.01. The average Bonchev–Trinajstić information content (AvgIpc) is 3.40. The van der Waals surface area contributed by atoms with Crippen molar-refractivity contribution in [1.29, 1.82) is 0 Å². The molecule has 1 N–H and O–H groups in total. The monoisotopic (exact) mass is 474 g/mol. The number of nitrogens with one attached hydrogen (secondary N) is 1. The molecule has 1 aliphatic heterocycles. The van der Waals surface area contributed by atoms with Gasteiger partial charge in [0, 0.05) is 75.1 Å². The van der Waals surface area contributed by atoms with Crippen molar-refractivity contribution in [3.8, 4) is 11.3 Å². The first-order valence-electron chi connectivity index (χ1n) is 12.3. The molecular weight excluding hydrogens is 440 g/mol. The van der Waals surface area contributed by atoms with Gasteiger partial charge in [-0.25, -0.2) is 15.0 Å². The molecule has 0 aliphatic carbocycles. The second kappa shape index (κ2) is 9.30. The Morgan fingerprint density at radius 2 is 1.94 bits per heavy atom. The van der Waals surface area contributed by atoms with E-state index in [4.69, 9.17) is 4.98 Å². The Bertz CT molecular complexity index is 1360. The lowest BCUT2D eigenvalue weighted by atomic mass is 9.98. The van der Waals surface area contributed by atoms with Crippen LogP contribution in [-0.4, -0.2) is 87.0 Å². The lowest BCUT2D eigenvalue weighted by Gasteiger charge is -2.35. The number of amides is 1. The fraction of sp³-hybridized carbons (Fsp3) is 0.462. The van der Waals surface area contributed by atoms with Gasteiger partial charge in [0.15, 0.2) is 0 Å². The molecule has 0 spiro atoms. The number of rotatable bonds is 6. The van der Waals surface area contributed by atoms with Crippen molar-refractivity contribution >= 4 is 33.8 Å². The van der Waals surface area contributed by atoms with Crippen LogP contribution in [0.15, 0.2) is 30.9 Å². The van der Waals surface area contributed by atoms with E-state index in [2.05, 4.69) is 56.9 Å². The van der Waals surface area contributed by atoms with E-state index < -0.39 is 0 Å². The number of aromatic nitrogens is 5. The number of hydrogen-bond acceptors (Lipinski definition) is 6. The van der Waals surface area contributed by atoms with Crippen LogP contribution in [-0.2, 0) is 11.8 Å². The molecule has 1 saturated heterocycles. The number of piperazine rings is 1. The third-order valence-electron chi connectivity index (χ3n) is 6.88. The minimum Gasteiger partial charge on any atom is -0.353 e. The first-order chi connectivity index (χ1) is 16.8. The van der Waals surface area contributed by atoms with Gasteiger partial charge in [0.2, 0.25) is 5.91 Å². The summed E-state index contributed by atoms with van der Waals surface area (Å²) in [7, 11) is 6.01. The quantitative estimate of drug-likeness (QED) is 0.462. The number of nitrogens with zero attached hydrogens (tertiary/aromatic N) is 7. The molecule has 4 aromatic rings. The summed E-state index contributed by atoms with van der Waals surface area (Å²) in [6.07, 6.45) is 6.15. The smallest absolute Gasteiger partial charge is 0.223 e. The van der Waals surface area contributed by atoms with E-state index in [1.807, 2.05) is 36.8 Å². The largest absolute Gasteiger partial charge is 0.353 e. The Morgan fingerprint density at radius 1 is 1.17 bits per heavy atom. The summed E-state index contributed by atoms with van der Waals surface area (Å²) >= 11 is 0. The second-order valence-electron chi connectivity index (χ2n) is 9.97. The fourth-order valence-electron chi connectivity index (χ4n) is 5.01. The molecule has 4 aromatic heterocycles. The van der Waals surface area contributed by atoms with Crippen molar-refractivity contribution in [2.24, 2.45) is 7.05 Å². The molecule has 0 aromatic carbocycles. The van der Waals surface area contributed by atoms with Crippen LogP contribution >= 0.6 is 0 Å². The summed E-state index contributed by atoms with van der Waals surface area (Å²) in [6.45, 7) is 8.26. The Labute approximate surface area is 205 Å². The van der Waals surface area contributed by atoms with Crippen LogP contribution in [0.25, 0.3) is 33.3 Å². The zero-order valence-electron chi connectivity index (χ0n) is 21.2. The predicted molar refractivity (Wildman–Crippen MR) is 140 cm³/mol. The van der Waals surface area contributed by atoms with Gasteiger partial charge in [-0.05, 0) is 32.1 Å². The summed E-state index contributed by atoms with van der Waals surface area (Å²) in [5.74, 6) is 1.48. The highest BCUT2D eigenvalue weighted by Crippen LogP contribution is 2.38. The van der Waals surface area contributed by atoms with Gasteiger partial charge in [-0.2, -0.15) is 0 Å². The number of fused-ring (bicyclic) bond motifs is 2. The van der Waals surface area contributed by atoms with Crippen molar-refractivity contribution in [3.63, 3.8) is 0 Å². The Hall–Kier alpha value is -3.46. The van der Waals surface area contributed by atoms with Crippen molar-refractivity contribution in [1.82, 2.24) is 34.3 Å². The van der Waals surface area contributed by atoms with E-state index in [0.29, 0.717) is 6.42 Å². The number of hydrogen-bond donors (Lipinski definition) is 1. The zero-order chi connectivity index (χ0) is 24.7. The highest BCUT2D eigenvalue weighted by atomic mass is 16.2. The maximum atomic E-state index is 12.5. The molecule has 0 bridgehead atoms. The molecular formula is C26H34N8O. The van der Waals surface area contributed by atoms with Crippen LogP contribution in [0.2, 0.25) is 0 Å². The molecule has 5 heterocycles. The molecule has 184 valence electrons. The molecule has 1 aliphatic rings. The predicted octanol–water partition coefficient (Wildman–Crippen LogP) is 3.24. The van der Waals surface area contributed by atoms with Crippen LogP contribution in [0.3, 0.4) is 0 Å². The van der Waals surface area contributed by atoms with E-state index >= 15 is 0 Å². The van der Waals surface area contributed by atoms with Gasteiger partial charge < -0.3 is 24.3 Å². The first kappa shape index (κ1) is 23.3. The topological polar surface area (TPSA) is 86.2 Å². The number of anilines is 1. The summed E-state index contributed by atoms with van der Waals surface area (Å²) in [5.41, 5.74) is 6.32. The summed E-state index contributed by atoms with van der Waals surface area (Å²) < 4.78 is 2.04. The minimum absolute atomic E-state index is 0.234. The molecule has 0 radical (unpaired) electrons. The molecule has 0 atom stereocenters.